The molecule has 32 heavy (non-hydrogen) atoms. The molecule has 3 N–H and O–H groups in total. The molecule has 0 bridgehead atoms. The SMILES string of the molecule is CCCCc1ccc(S(=O)(=O)NCCNc2nc(C)cc(Nc3ccc(C)cc3)n2)cc1. The van der Waals surface area contributed by atoms with Crippen molar-refractivity contribution in [1.82, 2.24) is 14.7 Å². The molecule has 0 radical (unpaired) electrons. The van der Waals surface area contributed by atoms with E-state index in [2.05, 4.69) is 32.2 Å². The minimum atomic E-state index is -3.56. The summed E-state index contributed by atoms with van der Waals surface area (Å²) in [5, 5.41) is 6.35. The Bertz CT molecular complexity index is 1110. The second-order valence-electron chi connectivity index (χ2n) is 7.78. The Morgan fingerprint density at radius 1 is 0.906 bits per heavy atom. The lowest BCUT2D eigenvalue weighted by atomic mass is 10.1. The molecule has 7 nitrogen and oxygen atoms in total. The van der Waals surface area contributed by atoms with Crippen LogP contribution >= 0.6 is 0 Å². The average molecular weight is 454 g/mol. The maximum absolute atomic E-state index is 12.5. The van der Waals surface area contributed by atoms with Crippen LogP contribution in [-0.2, 0) is 16.4 Å². The molecule has 0 aliphatic rings. The number of rotatable bonds is 11. The molecule has 1 heterocycles. The third-order valence-electron chi connectivity index (χ3n) is 4.93. The lowest BCUT2D eigenvalue weighted by Crippen LogP contribution is -2.29. The number of nitrogens with zero attached hydrogens (tertiary/aromatic N) is 2. The van der Waals surface area contributed by atoms with Crippen LogP contribution in [0.5, 0.6) is 0 Å². The van der Waals surface area contributed by atoms with Crippen molar-refractivity contribution >= 4 is 27.5 Å². The molecule has 170 valence electrons. The molecule has 0 saturated heterocycles. The molecule has 0 spiro atoms. The molecular formula is C24H31N5O2S. The van der Waals surface area contributed by atoms with E-state index in [0.29, 0.717) is 18.3 Å². The zero-order valence-electron chi connectivity index (χ0n) is 18.9. The van der Waals surface area contributed by atoms with Gasteiger partial charge in [0.15, 0.2) is 0 Å². The van der Waals surface area contributed by atoms with Gasteiger partial charge in [0, 0.05) is 30.5 Å². The van der Waals surface area contributed by atoms with E-state index in [9.17, 15) is 8.42 Å². The van der Waals surface area contributed by atoms with Crippen LogP contribution in [0.3, 0.4) is 0 Å². The summed E-state index contributed by atoms with van der Waals surface area (Å²) < 4.78 is 27.7. The topological polar surface area (TPSA) is 96.0 Å². The van der Waals surface area contributed by atoms with E-state index >= 15 is 0 Å². The van der Waals surface area contributed by atoms with Crippen molar-refractivity contribution in [2.45, 2.75) is 44.9 Å². The van der Waals surface area contributed by atoms with Gasteiger partial charge in [0.2, 0.25) is 16.0 Å². The molecular weight excluding hydrogens is 422 g/mol. The smallest absolute Gasteiger partial charge is 0.240 e. The van der Waals surface area contributed by atoms with Gasteiger partial charge in [0.25, 0.3) is 0 Å². The number of nitrogens with one attached hydrogen (secondary N) is 3. The van der Waals surface area contributed by atoms with Crippen molar-refractivity contribution in [3.05, 3.63) is 71.4 Å². The maximum Gasteiger partial charge on any atom is 0.240 e. The fourth-order valence-electron chi connectivity index (χ4n) is 3.16. The molecule has 0 fully saturated rings. The first-order valence-electron chi connectivity index (χ1n) is 10.9. The highest BCUT2D eigenvalue weighted by atomic mass is 32.2. The highest BCUT2D eigenvalue weighted by Gasteiger charge is 2.13. The van der Waals surface area contributed by atoms with Crippen molar-refractivity contribution in [3.8, 4) is 0 Å². The predicted molar refractivity (Wildman–Crippen MR) is 130 cm³/mol. The van der Waals surface area contributed by atoms with E-state index in [1.807, 2.05) is 56.3 Å². The fourth-order valence-corrected chi connectivity index (χ4v) is 4.19. The van der Waals surface area contributed by atoms with Crippen molar-refractivity contribution in [2.75, 3.05) is 23.7 Å². The van der Waals surface area contributed by atoms with Gasteiger partial charge in [0.05, 0.1) is 4.90 Å². The van der Waals surface area contributed by atoms with Gasteiger partial charge in [0.1, 0.15) is 5.82 Å². The van der Waals surface area contributed by atoms with Crippen molar-refractivity contribution < 1.29 is 8.42 Å². The Labute approximate surface area is 190 Å². The Morgan fingerprint density at radius 2 is 1.62 bits per heavy atom. The molecule has 0 saturated carbocycles. The third kappa shape index (κ3) is 7.03. The van der Waals surface area contributed by atoms with Crippen molar-refractivity contribution in [3.63, 3.8) is 0 Å². The zero-order chi connectivity index (χ0) is 23.0. The van der Waals surface area contributed by atoms with Gasteiger partial charge in [-0.15, -0.1) is 0 Å². The Morgan fingerprint density at radius 3 is 2.31 bits per heavy atom. The van der Waals surface area contributed by atoms with Gasteiger partial charge in [-0.25, -0.2) is 18.1 Å². The van der Waals surface area contributed by atoms with Crippen LogP contribution in [0, 0.1) is 13.8 Å². The standard InChI is InChI=1S/C24H31N5O2S/c1-4-5-6-20-9-13-22(14-10-20)32(30,31)26-16-15-25-24-27-19(3)17-23(29-24)28-21-11-7-18(2)8-12-21/h7-14,17,26H,4-6,15-16H2,1-3H3,(H2,25,27,28,29). The Kier molecular flexibility index (Phi) is 8.19. The first kappa shape index (κ1) is 23.7. The highest BCUT2D eigenvalue weighted by molar-refractivity contribution is 7.89. The molecule has 0 amide bonds. The number of sulfonamides is 1. The van der Waals surface area contributed by atoms with Crippen molar-refractivity contribution in [2.24, 2.45) is 0 Å². The van der Waals surface area contributed by atoms with Crippen LogP contribution in [0.1, 0.15) is 36.6 Å². The van der Waals surface area contributed by atoms with Crippen molar-refractivity contribution in [1.29, 1.82) is 0 Å². The number of anilines is 3. The van der Waals surface area contributed by atoms with E-state index < -0.39 is 10.0 Å². The normalized spacial score (nSPS) is 11.3. The number of aryl methyl sites for hydroxylation is 3. The summed E-state index contributed by atoms with van der Waals surface area (Å²) in [6.07, 6.45) is 3.17. The summed E-state index contributed by atoms with van der Waals surface area (Å²) in [6.45, 7) is 6.65. The molecule has 3 aromatic rings. The monoisotopic (exact) mass is 453 g/mol. The minimum absolute atomic E-state index is 0.220. The summed E-state index contributed by atoms with van der Waals surface area (Å²) in [4.78, 5) is 9.12. The van der Waals surface area contributed by atoms with Crippen LogP contribution in [0.2, 0.25) is 0 Å². The summed E-state index contributed by atoms with van der Waals surface area (Å²) in [5.41, 5.74) is 4.08. The van der Waals surface area contributed by atoms with Gasteiger partial charge in [-0.05, 0) is 56.5 Å². The van der Waals surface area contributed by atoms with Crippen LogP contribution < -0.4 is 15.4 Å². The first-order chi connectivity index (χ1) is 15.4. The summed E-state index contributed by atoms with van der Waals surface area (Å²) in [6, 6.07) is 17.0. The number of benzene rings is 2. The van der Waals surface area contributed by atoms with Gasteiger partial charge >= 0.3 is 0 Å². The molecule has 0 unspecified atom stereocenters. The largest absolute Gasteiger partial charge is 0.353 e. The lowest BCUT2D eigenvalue weighted by Gasteiger charge is -2.11. The van der Waals surface area contributed by atoms with Crippen LogP contribution in [0.4, 0.5) is 17.5 Å². The first-order valence-corrected chi connectivity index (χ1v) is 12.4. The molecule has 3 rings (SSSR count). The fraction of sp³-hybridized carbons (Fsp3) is 0.333. The average Bonchev–Trinajstić information content (AvgIpc) is 2.77. The summed E-state index contributed by atoms with van der Waals surface area (Å²) in [5.74, 6) is 1.12. The summed E-state index contributed by atoms with van der Waals surface area (Å²) in [7, 11) is -3.56. The molecule has 0 atom stereocenters. The van der Waals surface area contributed by atoms with Gasteiger partial charge < -0.3 is 10.6 Å². The maximum atomic E-state index is 12.5. The quantitative estimate of drug-likeness (QED) is 0.368. The van der Waals surface area contributed by atoms with Gasteiger partial charge in [-0.2, -0.15) is 4.98 Å². The van der Waals surface area contributed by atoms with E-state index in [1.54, 1.807) is 12.1 Å². The summed E-state index contributed by atoms with van der Waals surface area (Å²) >= 11 is 0. The second kappa shape index (κ2) is 11.1. The third-order valence-corrected chi connectivity index (χ3v) is 6.41. The molecule has 1 aromatic heterocycles. The van der Waals surface area contributed by atoms with Crippen LogP contribution in [0.15, 0.2) is 59.5 Å². The molecule has 0 aliphatic heterocycles. The van der Waals surface area contributed by atoms with E-state index in [0.717, 1.165) is 36.2 Å². The van der Waals surface area contributed by atoms with E-state index in [-0.39, 0.29) is 11.4 Å². The predicted octanol–water partition coefficient (Wildman–Crippen LogP) is 4.57. The minimum Gasteiger partial charge on any atom is -0.353 e. The lowest BCUT2D eigenvalue weighted by molar-refractivity contribution is 0.582. The number of hydrogen-bond donors (Lipinski definition) is 3. The van der Waals surface area contributed by atoms with Crippen LogP contribution in [0.25, 0.3) is 0 Å². The molecule has 0 aliphatic carbocycles. The second-order valence-corrected chi connectivity index (χ2v) is 9.55. The number of hydrogen-bond acceptors (Lipinski definition) is 6. The van der Waals surface area contributed by atoms with Crippen LogP contribution in [-0.4, -0.2) is 31.5 Å². The van der Waals surface area contributed by atoms with E-state index in [4.69, 9.17) is 0 Å². The van der Waals surface area contributed by atoms with Gasteiger partial charge in [-0.1, -0.05) is 43.2 Å². The highest BCUT2D eigenvalue weighted by Crippen LogP contribution is 2.17. The molecule has 2 aromatic carbocycles. The molecule has 8 heteroatoms. The zero-order valence-corrected chi connectivity index (χ0v) is 19.7. The van der Waals surface area contributed by atoms with Gasteiger partial charge in [-0.3, -0.25) is 0 Å². The number of aromatic nitrogens is 2. The van der Waals surface area contributed by atoms with E-state index in [1.165, 1.54) is 5.56 Å². The Hall–Kier alpha value is -2.97. The Balaban J connectivity index is 1.53. The number of unbranched alkanes of at least 4 members (excludes halogenated alkanes) is 1.